The Labute approximate surface area is 121 Å². The van der Waals surface area contributed by atoms with Crippen molar-refractivity contribution in [3.63, 3.8) is 0 Å². The van der Waals surface area contributed by atoms with Crippen molar-refractivity contribution in [2.45, 2.75) is 33.1 Å². The Bertz CT molecular complexity index is 429. The number of nitrogens with zero attached hydrogens (tertiary/aromatic N) is 1. The van der Waals surface area contributed by atoms with Crippen molar-refractivity contribution in [2.75, 3.05) is 18.5 Å². The lowest BCUT2D eigenvalue weighted by Crippen LogP contribution is -2.28. The van der Waals surface area contributed by atoms with Gasteiger partial charge in [-0.3, -0.25) is 9.59 Å². The molecule has 0 aliphatic heterocycles. The number of para-hydroxylation sites is 1. The van der Waals surface area contributed by atoms with E-state index in [0.717, 1.165) is 5.69 Å². The van der Waals surface area contributed by atoms with Crippen LogP contribution in [0.5, 0.6) is 0 Å². The molecule has 4 nitrogen and oxygen atoms in total. The predicted molar refractivity (Wildman–Crippen MR) is 81.6 cm³/mol. The molecule has 0 atom stereocenters. The highest BCUT2D eigenvalue weighted by atomic mass is 16.2. The number of carbonyl (C=O) groups is 2. The first-order valence-electron chi connectivity index (χ1n) is 7.09. The van der Waals surface area contributed by atoms with Gasteiger partial charge in [0.1, 0.15) is 0 Å². The van der Waals surface area contributed by atoms with Crippen LogP contribution >= 0.6 is 0 Å². The van der Waals surface area contributed by atoms with Gasteiger partial charge in [0, 0.05) is 32.1 Å². The van der Waals surface area contributed by atoms with E-state index in [0.29, 0.717) is 31.7 Å². The standard InChI is InChI=1S/C16H24N2O2/c1-13(2)12-17-15(19)10-7-11-16(20)18(3)14-8-5-4-6-9-14/h4-6,8-9,13H,7,10-12H2,1-3H3,(H,17,19). The van der Waals surface area contributed by atoms with E-state index in [9.17, 15) is 9.59 Å². The predicted octanol–water partition coefficient (Wildman–Crippen LogP) is 2.59. The van der Waals surface area contributed by atoms with Gasteiger partial charge in [0.15, 0.2) is 0 Å². The van der Waals surface area contributed by atoms with Gasteiger partial charge in [0.25, 0.3) is 0 Å². The molecule has 0 heterocycles. The molecule has 0 radical (unpaired) electrons. The maximum atomic E-state index is 12.0. The molecule has 0 fully saturated rings. The monoisotopic (exact) mass is 276 g/mol. The van der Waals surface area contributed by atoms with Crippen LogP contribution in [0, 0.1) is 5.92 Å². The van der Waals surface area contributed by atoms with E-state index < -0.39 is 0 Å². The summed E-state index contributed by atoms with van der Waals surface area (Å²) in [4.78, 5) is 25.1. The summed E-state index contributed by atoms with van der Waals surface area (Å²) in [6, 6.07) is 9.51. The molecule has 0 aliphatic rings. The first-order chi connectivity index (χ1) is 9.50. The number of carbonyl (C=O) groups excluding carboxylic acids is 2. The Kier molecular flexibility index (Phi) is 6.77. The molecular formula is C16H24N2O2. The van der Waals surface area contributed by atoms with Gasteiger partial charge in [-0.25, -0.2) is 0 Å². The summed E-state index contributed by atoms with van der Waals surface area (Å²) in [6.07, 6.45) is 1.38. The van der Waals surface area contributed by atoms with Gasteiger partial charge in [-0.1, -0.05) is 32.0 Å². The molecule has 0 aromatic heterocycles. The number of hydrogen-bond acceptors (Lipinski definition) is 2. The minimum atomic E-state index is 0.0221. The fourth-order valence-corrected chi connectivity index (χ4v) is 1.77. The Morgan fingerprint density at radius 1 is 1.15 bits per heavy atom. The van der Waals surface area contributed by atoms with Gasteiger partial charge in [0.05, 0.1) is 0 Å². The normalized spacial score (nSPS) is 10.4. The number of amides is 2. The lowest BCUT2D eigenvalue weighted by Gasteiger charge is -2.17. The van der Waals surface area contributed by atoms with Crippen LogP contribution < -0.4 is 10.2 Å². The molecule has 2 amide bonds. The lowest BCUT2D eigenvalue weighted by molar-refractivity contribution is -0.121. The van der Waals surface area contributed by atoms with Crippen LogP contribution in [-0.4, -0.2) is 25.4 Å². The Hall–Kier alpha value is -1.84. The molecule has 0 aliphatic carbocycles. The summed E-state index contributed by atoms with van der Waals surface area (Å²) in [5.41, 5.74) is 0.877. The third-order valence-corrected chi connectivity index (χ3v) is 3.02. The third kappa shape index (κ3) is 5.87. The summed E-state index contributed by atoms with van der Waals surface area (Å²) in [5, 5.41) is 2.85. The highest BCUT2D eigenvalue weighted by molar-refractivity contribution is 5.92. The number of rotatable bonds is 7. The van der Waals surface area contributed by atoms with Crippen molar-refractivity contribution in [1.29, 1.82) is 0 Å². The summed E-state index contributed by atoms with van der Waals surface area (Å²) >= 11 is 0. The summed E-state index contributed by atoms with van der Waals surface area (Å²) in [5.74, 6) is 0.506. The first kappa shape index (κ1) is 16.2. The van der Waals surface area contributed by atoms with Crippen LogP contribution in [0.4, 0.5) is 5.69 Å². The molecule has 20 heavy (non-hydrogen) atoms. The SMILES string of the molecule is CC(C)CNC(=O)CCCC(=O)N(C)c1ccccc1. The molecular weight excluding hydrogens is 252 g/mol. The topological polar surface area (TPSA) is 49.4 Å². The van der Waals surface area contributed by atoms with Gasteiger partial charge < -0.3 is 10.2 Å². The second kappa shape index (κ2) is 8.35. The zero-order chi connectivity index (χ0) is 15.0. The third-order valence-electron chi connectivity index (χ3n) is 3.02. The van der Waals surface area contributed by atoms with Crippen LogP contribution in [0.2, 0.25) is 0 Å². The van der Waals surface area contributed by atoms with Gasteiger partial charge in [-0.05, 0) is 24.5 Å². The van der Waals surface area contributed by atoms with Crippen LogP contribution in [0.15, 0.2) is 30.3 Å². The van der Waals surface area contributed by atoms with E-state index in [4.69, 9.17) is 0 Å². The number of anilines is 1. The van der Waals surface area contributed by atoms with Gasteiger partial charge in [-0.15, -0.1) is 0 Å². The molecule has 1 aromatic carbocycles. The quantitative estimate of drug-likeness (QED) is 0.832. The Morgan fingerprint density at radius 2 is 1.80 bits per heavy atom. The van der Waals surface area contributed by atoms with Crippen LogP contribution in [0.25, 0.3) is 0 Å². The maximum Gasteiger partial charge on any atom is 0.226 e. The molecule has 4 heteroatoms. The number of nitrogens with one attached hydrogen (secondary N) is 1. The van der Waals surface area contributed by atoms with Crippen LogP contribution in [0.1, 0.15) is 33.1 Å². The van der Waals surface area contributed by atoms with E-state index in [2.05, 4.69) is 19.2 Å². The molecule has 1 aromatic rings. The van der Waals surface area contributed by atoms with Crippen molar-refractivity contribution in [2.24, 2.45) is 5.92 Å². The molecule has 0 unspecified atom stereocenters. The van der Waals surface area contributed by atoms with Crippen LogP contribution in [-0.2, 0) is 9.59 Å². The van der Waals surface area contributed by atoms with Crippen molar-refractivity contribution in [3.05, 3.63) is 30.3 Å². The van der Waals surface area contributed by atoms with Crippen molar-refractivity contribution in [1.82, 2.24) is 5.32 Å². The largest absolute Gasteiger partial charge is 0.356 e. The first-order valence-corrected chi connectivity index (χ1v) is 7.09. The second-order valence-electron chi connectivity index (χ2n) is 5.34. The summed E-state index contributed by atoms with van der Waals surface area (Å²) in [7, 11) is 1.76. The Morgan fingerprint density at radius 3 is 2.40 bits per heavy atom. The maximum absolute atomic E-state index is 12.0. The van der Waals surface area contributed by atoms with Gasteiger partial charge in [0.2, 0.25) is 11.8 Å². The van der Waals surface area contributed by atoms with E-state index in [1.54, 1.807) is 11.9 Å². The van der Waals surface area contributed by atoms with E-state index in [1.807, 2.05) is 30.3 Å². The highest BCUT2D eigenvalue weighted by Gasteiger charge is 2.11. The fraction of sp³-hybridized carbons (Fsp3) is 0.500. The molecule has 0 bridgehead atoms. The summed E-state index contributed by atoms with van der Waals surface area (Å²) in [6.45, 7) is 4.80. The molecule has 0 saturated heterocycles. The van der Waals surface area contributed by atoms with E-state index in [1.165, 1.54) is 0 Å². The highest BCUT2D eigenvalue weighted by Crippen LogP contribution is 2.13. The average Bonchev–Trinajstić information content (AvgIpc) is 2.45. The Balaban J connectivity index is 2.28. The molecule has 0 saturated carbocycles. The smallest absolute Gasteiger partial charge is 0.226 e. The van der Waals surface area contributed by atoms with Crippen LogP contribution in [0.3, 0.4) is 0 Å². The van der Waals surface area contributed by atoms with Crippen molar-refractivity contribution in [3.8, 4) is 0 Å². The van der Waals surface area contributed by atoms with Gasteiger partial charge >= 0.3 is 0 Å². The zero-order valence-electron chi connectivity index (χ0n) is 12.6. The van der Waals surface area contributed by atoms with Crippen molar-refractivity contribution >= 4 is 17.5 Å². The second-order valence-corrected chi connectivity index (χ2v) is 5.34. The summed E-state index contributed by atoms with van der Waals surface area (Å²) < 4.78 is 0. The molecule has 1 rings (SSSR count). The van der Waals surface area contributed by atoms with E-state index >= 15 is 0 Å². The minimum Gasteiger partial charge on any atom is -0.356 e. The molecule has 0 spiro atoms. The molecule has 1 N–H and O–H groups in total. The fourth-order valence-electron chi connectivity index (χ4n) is 1.77. The number of benzene rings is 1. The lowest BCUT2D eigenvalue weighted by atomic mass is 10.2. The average molecular weight is 276 g/mol. The molecule has 110 valence electrons. The van der Waals surface area contributed by atoms with Crippen molar-refractivity contribution < 1.29 is 9.59 Å². The zero-order valence-corrected chi connectivity index (χ0v) is 12.6. The van der Waals surface area contributed by atoms with Gasteiger partial charge in [-0.2, -0.15) is 0 Å². The number of hydrogen-bond donors (Lipinski definition) is 1. The minimum absolute atomic E-state index is 0.0221. The van der Waals surface area contributed by atoms with E-state index in [-0.39, 0.29) is 11.8 Å².